The summed E-state index contributed by atoms with van der Waals surface area (Å²) in [5.41, 5.74) is 3.10. The first-order valence-electron chi connectivity index (χ1n) is 6.90. The SMILES string of the molecule is Cc1cccc(Nc2ccc(NC(=S)NC(C)C)cn2)c1. The molecule has 0 aliphatic rings. The summed E-state index contributed by atoms with van der Waals surface area (Å²) in [6.45, 7) is 6.15. The van der Waals surface area contributed by atoms with Crippen molar-refractivity contribution in [3.05, 3.63) is 48.2 Å². The van der Waals surface area contributed by atoms with Crippen molar-refractivity contribution in [3.63, 3.8) is 0 Å². The van der Waals surface area contributed by atoms with Crippen molar-refractivity contribution in [2.45, 2.75) is 26.8 Å². The van der Waals surface area contributed by atoms with E-state index in [-0.39, 0.29) is 0 Å². The van der Waals surface area contributed by atoms with Crippen molar-refractivity contribution in [3.8, 4) is 0 Å². The second kappa shape index (κ2) is 7.04. The van der Waals surface area contributed by atoms with Crippen LogP contribution < -0.4 is 16.0 Å². The summed E-state index contributed by atoms with van der Waals surface area (Å²) < 4.78 is 0. The van der Waals surface area contributed by atoms with E-state index in [1.54, 1.807) is 6.20 Å². The largest absolute Gasteiger partial charge is 0.360 e. The van der Waals surface area contributed by atoms with Crippen LogP contribution in [-0.4, -0.2) is 16.1 Å². The van der Waals surface area contributed by atoms with Gasteiger partial charge in [0.15, 0.2) is 5.11 Å². The van der Waals surface area contributed by atoms with Gasteiger partial charge in [0.25, 0.3) is 0 Å². The Labute approximate surface area is 131 Å². The lowest BCUT2D eigenvalue weighted by molar-refractivity contribution is 0.739. The molecule has 0 unspecified atom stereocenters. The first-order chi connectivity index (χ1) is 10.0. The number of aromatic nitrogens is 1. The normalized spacial score (nSPS) is 10.3. The number of rotatable bonds is 4. The molecule has 0 saturated heterocycles. The fourth-order valence-corrected chi connectivity index (χ4v) is 2.20. The molecule has 0 aliphatic heterocycles. The Balaban J connectivity index is 1.97. The van der Waals surface area contributed by atoms with E-state index in [2.05, 4.69) is 40.0 Å². The molecule has 21 heavy (non-hydrogen) atoms. The minimum absolute atomic E-state index is 0.306. The van der Waals surface area contributed by atoms with E-state index >= 15 is 0 Å². The average molecular weight is 300 g/mol. The molecule has 0 amide bonds. The fourth-order valence-electron chi connectivity index (χ4n) is 1.84. The number of hydrogen-bond acceptors (Lipinski definition) is 3. The maximum Gasteiger partial charge on any atom is 0.171 e. The molecule has 4 nitrogen and oxygen atoms in total. The quantitative estimate of drug-likeness (QED) is 0.749. The third-order valence-corrected chi connectivity index (χ3v) is 2.95. The molecular formula is C16H20N4S. The summed E-state index contributed by atoms with van der Waals surface area (Å²) in [6.07, 6.45) is 1.76. The third-order valence-electron chi connectivity index (χ3n) is 2.73. The summed E-state index contributed by atoms with van der Waals surface area (Å²) in [4.78, 5) is 4.37. The van der Waals surface area contributed by atoms with Crippen LogP contribution in [0.25, 0.3) is 0 Å². The molecule has 0 saturated carbocycles. The Bertz CT molecular complexity index is 608. The zero-order valence-corrected chi connectivity index (χ0v) is 13.3. The summed E-state index contributed by atoms with van der Waals surface area (Å²) >= 11 is 5.20. The number of thiocarbonyl (C=S) groups is 1. The molecule has 1 aromatic carbocycles. The molecule has 0 atom stereocenters. The van der Waals surface area contributed by atoms with Gasteiger partial charge in [-0.15, -0.1) is 0 Å². The van der Waals surface area contributed by atoms with E-state index in [0.29, 0.717) is 11.2 Å². The summed E-state index contributed by atoms with van der Waals surface area (Å²) in [5, 5.41) is 10.1. The van der Waals surface area contributed by atoms with Crippen LogP contribution in [-0.2, 0) is 0 Å². The zero-order valence-electron chi connectivity index (χ0n) is 12.5. The Kier molecular flexibility index (Phi) is 5.11. The van der Waals surface area contributed by atoms with Crippen LogP contribution in [0.1, 0.15) is 19.4 Å². The number of anilines is 3. The molecule has 1 aromatic heterocycles. The molecule has 110 valence electrons. The topological polar surface area (TPSA) is 49.0 Å². The van der Waals surface area contributed by atoms with E-state index in [4.69, 9.17) is 12.2 Å². The maximum absolute atomic E-state index is 5.20. The van der Waals surface area contributed by atoms with Crippen LogP contribution >= 0.6 is 12.2 Å². The van der Waals surface area contributed by atoms with Crippen molar-refractivity contribution >= 4 is 34.5 Å². The molecule has 2 aromatic rings. The summed E-state index contributed by atoms with van der Waals surface area (Å²) in [6, 6.07) is 12.3. The molecule has 2 rings (SSSR count). The van der Waals surface area contributed by atoms with Gasteiger partial charge in [0, 0.05) is 11.7 Å². The van der Waals surface area contributed by atoms with Crippen molar-refractivity contribution in [2.24, 2.45) is 0 Å². The first-order valence-corrected chi connectivity index (χ1v) is 7.31. The van der Waals surface area contributed by atoms with Gasteiger partial charge in [0.2, 0.25) is 0 Å². The highest BCUT2D eigenvalue weighted by molar-refractivity contribution is 7.80. The lowest BCUT2D eigenvalue weighted by atomic mass is 10.2. The lowest BCUT2D eigenvalue weighted by Crippen LogP contribution is -2.33. The third kappa shape index (κ3) is 5.04. The fraction of sp³-hybridized carbons (Fsp3) is 0.250. The summed E-state index contributed by atoms with van der Waals surface area (Å²) in [7, 11) is 0. The van der Waals surface area contributed by atoms with Gasteiger partial charge in [-0.25, -0.2) is 4.98 Å². The van der Waals surface area contributed by atoms with Crippen molar-refractivity contribution < 1.29 is 0 Å². The molecule has 1 heterocycles. The molecule has 0 fully saturated rings. The number of benzene rings is 1. The average Bonchev–Trinajstić information content (AvgIpc) is 2.40. The number of nitrogens with zero attached hydrogens (tertiary/aromatic N) is 1. The monoisotopic (exact) mass is 300 g/mol. The van der Waals surface area contributed by atoms with Gasteiger partial charge in [0.1, 0.15) is 5.82 Å². The highest BCUT2D eigenvalue weighted by atomic mass is 32.1. The predicted octanol–water partition coefficient (Wildman–Crippen LogP) is 3.83. The van der Waals surface area contributed by atoms with Crippen LogP contribution in [0.4, 0.5) is 17.2 Å². The van der Waals surface area contributed by atoms with E-state index in [0.717, 1.165) is 17.2 Å². The van der Waals surface area contributed by atoms with Gasteiger partial charge >= 0.3 is 0 Å². The van der Waals surface area contributed by atoms with Gasteiger partial charge in [-0.05, 0) is 62.8 Å². The van der Waals surface area contributed by atoms with Crippen LogP contribution in [0.5, 0.6) is 0 Å². The molecule has 5 heteroatoms. The predicted molar refractivity (Wildman–Crippen MR) is 93.2 cm³/mol. The van der Waals surface area contributed by atoms with Gasteiger partial charge in [-0.1, -0.05) is 12.1 Å². The standard InChI is InChI=1S/C16H20N4S/c1-11(2)18-16(21)20-14-7-8-15(17-10-14)19-13-6-4-5-12(3)9-13/h4-11H,1-3H3,(H,17,19)(H2,18,20,21). The van der Waals surface area contributed by atoms with Gasteiger partial charge in [0.05, 0.1) is 11.9 Å². The summed E-state index contributed by atoms with van der Waals surface area (Å²) in [5.74, 6) is 0.800. The van der Waals surface area contributed by atoms with Crippen molar-refractivity contribution in [1.82, 2.24) is 10.3 Å². The van der Waals surface area contributed by atoms with Crippen molar-refractivity contribution in [1.29, 1.82) is 0 Å². The first kappa shape index (κ1) is 15.3. The number of hydrogen-bond donors (Lipinski definition) is 3. The Morgan fingerprint density at radius 2 is 1.95 bits per heavy atom. The van der Waals surface area contributed by atoms with Gasteiger partial charge in [-0.2, -0.15) is 0 Å². The smallest absolute Gasteiger partial charge is 0.171 e. The van der Waals surface area contributed by atoms with E-state index in [1.807, 2.05) is 38.1 Å². The van der Waals surface area contributed by atoms with Crippen LogP contribution in [0, 0.1) is 6.92 Å². The molecule has 0 spiro atoms. The molecule has 0 radical (unpaired) electrons. The van der Waals surface area contributed by atoms with Crippen LogP contribution in [0.3, 0.4) is 0 Å². The van der Waals surface area contributed by atoms with E-state index in [9.17, 15) is 0 Å². The molecule has 0 bridgehead atoms. The van der Waals surface area contributed by atoms with Crippen LogP contribution in [0.2, 0.25) is 0 Å². The Hall–Kier alpha value is -2.14. The second-order valence-electron chi connectivity index (χ2n) is 5.18. The maximum atomic E-state index is 5.20. The van der Waals surface area contributed by atoms with E-state index < -0.39 is 0 Å². The van der Waals surface area contributed by atoms with Crippen molar-refractivity contribution in [2.75, 3.05) is 10.6 Å². The Morgan fingerprint density at radius 3 is 2.57 bits per heavy atom. The van der Waals surface area contributed by atoms with E-state index in [1.165, 1.54) is 5.56 Å². The minimum atomic E-state index is 0.306. The van der Waals surface area contributed by atoms with Crippen LogP contribution in [0.15, 0.2) is 42.6 Å². The highest BCUT2D eigenvalue weighted by Crippen LogP contribution is 2.17. The molecule has 0 aliphatic carbocycles. The molecule has 3 N–H and O–H groups in total. The number of pyridine rings is 1. The highest BCUT2D eigenvalue weighted by Gasteiger charge is 2.01. The zero-order chi connectivity index (χ0) is 15.2. The Morgan fingerprint density at radius 1 is 1.14 bits per heavy atom. The number of aryl methyl sites for hydroxylation is 1. The van der Waals surface area contributed by atoms with Gasteiger partial charge < -0.3 is 16.0 Å². The minimum Gasteiger partial charge on any atom is -0.360 e. The number of nitrogens with one attached hydrogen (secondary N) is 3. The lowest BCUT2D eigenvalue weighted by Gasteiger charge is -2.13. The molecular weight excluding hydrogens is 280 g/mol. The van der Waals surface area contributed by atoms with Gasteiger partial charge in [-0.3, -0.25) is 0 Å². The second-order valence-corrected chi connectivity index (χ2v) is 5.59.